The minimum absolute atomic E-state index is 0.392. The van der Waals surface area contributed by atoms with Gasteiger partial charge in [0.15, 0.2) is 0 Å². The fourth-order valence-corrected chi connectivity index (χ4v) is 2.13. The standard InChI is InChI=1S/C12H18BNO2/c1-4-14-8-9-5-6-11-10(7-9)12(2,3)16-13(11)15/h5-7,14-15H,4,8H2,1-3H3. The molecular formula is C12H18BNO2. The Kier molecular flexibility index (Phi) is 3.06. The fraction of sp³-hybridized carbons (Fsp3) is 0.500. The van der Waals surface area contributed by atoms with E-state index in [0.29, 0.717) is 0 Å². The molecule has 0 atom stereocenters. The number of fused-ring (bicyclic) bond motifs is 1. The maximum Gasteiger partial charge on any atom is 0.492 e. The molecule has 0 saturated heterocycles. The Morgan fingerprint density at radius 3 is 2.88 bits per heavy atom. The molecule has 0 spiro atoms. The number of hydrogen-bond acceptors (Lipinski definition) is 3. The van der Waals surface area contributed by atoms with Crippen LogP contribution in [-0.4, -0.2) is 18.7 Å². The molecule has 1 aromatic carbocycles. The summed E-state index contributed by atoms with van der Waals surface area (Å²) in [7, 11) is -0.779. The second kappa shape index (κ2) is 4.20. The molecule has 3 nitrogen and oxygen atoms in total. The van der Waals surface area contributed by atoms with Gasteiger partial charge in [-0.2, -0.15) is 0 Å². The van der Waals surface area contributed by atoms with E-state index in [0.717, 1.165) is 24.1 Å². The zero-order valence-corrected chi connectivity index (χ0v) is 10.1. The van der Waals surface area contributed by atoms with Gasteiger partial charge in [-0.05, 0) is 37.0 Å². The van der Waals surface area contributed by atoms with Crippen molar-refractivity contribution >= 4 is 12.6 Å². The lowest BCUT2D eigenvalue weighted by molar-refractivity contribution is 0.101. The van der Waals surface area contributed by atoms with Gasteiger partial charge in [-0.15, -0.1) is 0 Å². The first-order valence-electron chi connectivity index (χ1n) is 5.74. The van der Waals surface area contributed by atoms with E-state index >= 15 is 0 Å². The first kappa shape index (κ1) is 11.6. The lowest BCUT2D eigenvalue weighted by atomic mass is 9.78. The van der Waals surface area contributed by atoms with Crippen LogP contribution < -0.4 is 10.8 Å². The highest BCUT2D eigenvalue weighted by Gasteiger charge is 2.40. The maximum absolute atomic E-state index is 9.75. The Balaban J connectivity index is 2.31. The molecule has 1 aliphatic heterocycles. The predicted molar refractivity (Wildman–Crippen MR) is 65.5 cm³/mol. The van der Waals surface area contributed by atoms with Gasteiger partial charge >= 0.3 is 7.12 Å². The SMILES string of the molecule is CCNCc1ccc2c(c1)C(C)(C)OB2O. The summed E-state index contributed by atoms with van der Waals surface area (Å²) in [5.74, 6) is 0. The van der Waals surface area contributed by atoms with Crippen LogP contribution in [0.1, 0.15) is 31.9 Å². The van der Waals surface area contributed by atoms with Crippen LogP contribution in [0.25, 0.3) is 0 Å². The van der Waals surface area contributed by atoms with Crippen LogP contribution in [-0.2, 0) is 16.8 Å². The van der Waals surface area contributed by atoms with Gasteiger partial charge in [0, 0.05) is 6.54 Å². The molecular weight excluding hydrogens is 201 g/mol. The highest BCUT2D eigenvalue weighted by molar-refractivity contribution is 6.61. The Hall–Kier alpha value is -0.835. The van der Waals surface area contributed by atoms with Crippen molar-refractivity contribution in [1.29, 1.82) is 0 Å². The molecule has 86 valence electrons. The van der Waals surface area contributed by atoms with Gasteiger partial charge in [0.05, 0.1) is 5.60 Å². The Labute approximate surface area is 97.0 Å². The zero-order valence-electron chi connectivity index (χ0n) is 10.1. The summed E-state index contributed by atoms with van der Waals surface area (Å²) < 4.78 is 5.51. The zero-order chi connectivity index (χ0) is 11.8. The number of nitrogens with one attached hydrogen (secondary N) is 1. The molecule has 0 bridgehead atoms. The Bertz CT molecular complexity index is 393. The average Bonchev–Trinajstić information content (AvgIpc) is 2.47. The van der Waals surface area contributed by atoms with Crippen molar-refractivity contribution in [2.24, 2.45) is 0 Å². The van der Waals surface area contributed by atoms with Crippen molar-refractivity contribution in [2.75, 3.05) is 6.54 Å². The summed E-state index contributed by atoms with van der Waals surface area (Å²) in [5.41, 5.74) is 2.82. The van der Waals surface area contributed by atoms with Gasteiger partial charge in [-0.25, -0.2) is 0 Å². The van der Waals surface area contributed by atoms with Crippen molar-refractivity contribution in [3.8, 4) is 0 Å². The summed E-state index contributed by atoms with van der Waals surface area (Å²) in [6.07, 6.45) is 0. The fourth-order valence-electron chi connectivity index (χ4n) is 2.13. The molecule has 1 heterocycles. The lowest BCUT2D eigenvalue weighted by Crippen LogP contribution is -2.28. The first-order chi connectivity index (χ1) is 7.54. The summed E-state index contributed by atoms with van der Waals surface area (Å²) in [6.45, 7) is 7.87. The van der Waals surface area contributed by atoms with Crippen LogP contribution in [0.4, 0.5) is 0 Å². The number of rotatable bonds is 3. The molecule has 1 aliphatic rings. The van der Waals surface area contributed by atoms with Crippen LogP contribution in [0.2, 0.25) is 0 Å². The Morgan fingerprint density at radius 1 is 1.44 bits per heavy atom. The van der Waals surface area contributed by atoms with E-state index in [-0.39, 0.29) is 0 Å². The second-order valence-electron chi connectivity index (χ2n) is 4.68. The van der Waals surface area contributed by atoms with Gasteiger partial charge in [-0.3, -0.25) is 0 Å². The molecule has 2 rings (SSSR count). The van der Waals surface area contributed by atoms with Crippen LogP contribution >= 0.6 is 0 Å². The molecule has 4 heteroatoms. The third-order valence-electron chi connectivity index (χ3n) is 3.02. The van der Waals surface area contributed by atoms with Crippen molar-refractivity contribution in [2.45, 2.75) is 32.9 Å². The molecule has 2 N–H and O–H groups in total. The molecule has 0 fully saturated rings. The van der Waals surface area contributed by atoms with Crippen LogP contribution in [0, 0.1) is 0 Å². The maximum atomic E-state index is 9.75. The summed E-state index contributed by atoms with van der Waals surface area (Å²) in [4.78, 5) is 0. The van der Waals surface area contributed by atoms with E-state index in [2.05, 4.69) is 18.3 Å². The largest absolute Gasteiger partial charge is 0.492 e. The van der Waals surface area contributed by atoms with E-state index in [1.54, 1.807) is 0 Å². The number of benzene rings is 1. The predicted octanol–water partition coefficient (Wildman–Crippen LogP) is 0.749. The normalized spacial score (nSPS) is 17.6. The summed E-state index contributed by atoms with van der Waals surface area (Å²) in [5, 5.41) is 13.0. The molecule has 0 saturated carbocycles. The summed E-state index contributed by atoms with van der Waals surface area (Å²) in [6, 6.07) is 6.12. The second-order valence-corrected chi connectivity index (χ2v) is 4.68. The third kappa shape index (κ3) is 2.01. The Morgan fingerprint density at radius 2 is 2.19 bits per heavy atom. The van der Waals surface area contributed by atoms with Crippen molar-refractivity contribution in [1.82, 2.24) is 5.32 Å². The number of hydrogen-bond donors (Lipinski definition) is 2. The first-order valence-corrected chi connectivity index (χ1v) is 5.74. The molecule has 0 aliphatic carbocycles. The van der Waals surface area contributed by atoms with Gasteiger partial charge in [-0.1, -0.05) is 25.1 Å². The molecule has 0 unspecified atom stereocenters. The van der Waals surface area contributed by atoms with Crippen LogP contribution in [0.5, 0.6) is 0 Å². The minimum atomic E-state index is -0.779. The van der Waals surface area contributed by atoms with Crippen molar-refractivity contribution in [3.05, 3.63) is 29.3 Å². The highest BCUT2D eigenvalue weighted by atomic mass is 16.5. The van der Waals surface area contributed by atoms with Crippen LogP contribution in [0.3, 0.4) is 0 Å². The lowest BCUT2D eigenvalue weighted by Gasteiger charge is -2.20. The van der Waals surface area contributed by atoms with Gasteiger partial charge < -0.3 is 15.0 Å². The monoisotopic (exact) mass is 219 g/mol. The molecule has 1 aromatic rings. The molecule has 0 aromatic heterocycles. The quantitative estimate of drug-likeness (QED) is 0.737. The van der Waals surface area contributed by atoms with Gasteiger partial charge in [0.2, 0.25) is 0 Å². The van der Waals surface area contributed by atoms with Crippen molar-refractivity contribution < 1.29 is 9.68 Å². The molecule has 16 heavy (non-hydrogen) atoms. The average molecular weight is 219 g/mol. The van der Waals surface area contributed by atoms with E-state index in [1.807, 2.05) is 26.0 Å². The van der Waals surface area contributed by atoms with Crippen molar-refractivity contribution in [3.63, 3.8) is 0 Å². The topological polar surface area (TPSA) is 41.5 Å². The smallest absolute Gasteiger partial charge is 0.423 e. The summed E-state index contributed by atoms with van der Waals surface area (Å²) >= 11 is 0. The molecule has 0 radical (unpaired) electrons. The van der Waals surface area contributed by atoms with E-state index in [1.165, 1.54) is 5.56 Å². The van der Waals surface area contributed by atoms with E-state index in [4.69, 9.17) is 4.65 Å². The van der Waals surface area contributed by atoms with Gasteiger partial charge in [0.25, 0.3) is 0 Å². The molecule has 0 amide bonds. The van der Waals surface area contributed by atoms with E-state index < -0.39 is 12.7 Å². The van der Waals surface area contributed by atoms with E-state index in [9.17, 15) is 5.02 Å². The van der Waals surface area contributed by atoms with Gasteiger partial charge in [0.1, 0.15) is 0 Å². The van der Waals surface area contributed by atoms with Crippen LogP contribution in [0.15, 0.2) is 18.2 Å². The minimum Gasteiger partial charge on any atom is -0.423 e. The third-order valence-corrected chi connectivity index (χ3v) is 3.02. The highest BCUT2D eigenvalue weighted by Crippen LogP contribution is 2.30.